The maximum atomic E-state index is 12.5. The maximum Gasteiger partial charge on any atom is 0.334 e. The van der Waals surface area contributed by atoms with E-state index in [1.165, 1.54) is 15.9 Å². The molecule has 23 heavy (non-hydrogen) atoms. The summed E-state index contributed by atoms with van der Waals surface area (Å²) in [6, 6.07) is 9.22. The molecule has 1 fully saturated rings. The summed E-state index contributed by atoms with van der Waals surface area (Å²) >= 11 is 0. The van der Waals surface area contributed by atoms with Gasteiger partial charge in [-0.05, 0) is 19.1 Å². The van der Waals surface area contributed by atoms with Gasteiger partial charge in [-0.2, -0.15) is 9.90 Å². The number of hydrogen-bond donors (Lipinski definition) is 1. The van der Waals surface area contributed by atoms with Crippen LogP contribution < -0.4 is 0 Å². The van der Waals surface area contributed by atoms with E-state index in [0.29, 0.717) is 6.54 Å². The van der Waals surface area contributed by atoms with Crippen LogP contribution in [0.4, 0.5) is 0 Å². The third-order valence-corrected chi connectivity index (χ3v) is 3.52. The Balaban J connectivity index is 1.78. The summed E-state index contributed by atoms with van der Waals surface area (Å²) in [4.78, 5) is 26.4. The van der Waals surface area contributed by atoms with Crippen molar-refractivity contribution in [2.24, 2.45) is 0 Å². The summed E-state index contributed by atoms with van der Waals surface area (Å²) in [6.07, 6.45) is 0.00967. The predicted molar refractivity (Wildman–Crippen MR) is 79.2 cm³/mol. The van der Waals surface area contributed by atoms with Gasteiger partial charge in [-0.3, -0.25) is 4.79 Å². The summed E-state index contributed by atoms with van der Waals surface area (Å²) in [6.45, 7) is 2.05. The first kappa shape index (κ1) is 15.2. The normalized spacial score (nSPS) is 21.2. The molecule has 2 aromatic rings. The number of carbonyl (C=O) groups excluding carboxylic acids is 1. The lowest BCUT2D eigenvalue weighted by Gasteiger charge is -2.34. The van der Waals surface area contributed by atoms with Gasteiger partial charge in [-0.25, -0.2) is 4.79 Å². The summed E-state index contributed by atoms with van der Waals surface area (Å²) in [5.41, 5.74) is 0.914. The fraction of sp³-hybridized carbons (Fsp3) is 0.333. The topological polar surface area (TPSA) is 97.6 Å². The minimum atomic E-state index is -1.08. The molecule has 1 aliphatic heterocycles. The van der Waals surface area contributed by atoms with Gasteiger partial charge in [0.25, 0.3) is 5.91 Å². The van der Waals surface area contributed by atoms with Crippen molar-refractivity contribution in [2.75, 3.05) is 13.1 Å². The van der Waals surface area contributed by atoms with Crippen molar-refractivity contribution in [1.29, 1.82) is 0 Å². The first-order chi connectivity index (χ1) is 11.0. The molecule has 120 valence electrons. The molecule has 0 saturated carbocycles. The monoisotopic (exact) mass is 316 g/mol. The summed E-state index contributed by atoms with van der Waals surface area (Å²) < 4.78 is 5.30. The van der Waals surface area contributed by atoms with Crippen molar-refractivity contribution in [3.63, 3.8) is 0 Å². The third kappa shape index (κ3) is 3.21. The number of para-hydroxylation sites is 1. The summed E-state index contributed by atoms with van der Waals surface area (Å²) in [5.74, 6) is -1.43. The quantitative estimate of drug-likeness (QED) is 0.889. The number of carboxylic acids is 1. The second kappa shape index (κ2) is 6.17. The van der Waals surface area contributed by atoms with E-state index in [4.69, 9.17) is 9.84 Å². The Kier molecular flexibility index (Phi) is 4.07. The van der Waals surface area contributed by atoms with Crippen molar-refractivity contribution in [1.82, 2.24) is 19.9 Å². The molecular formula is C15H16N4O4. The summed E-state index contributed by atoms with van der Waals surface area (Å²) in [5, 5.41) is 17.3. The van der Waals surface area contributed by atoms with Crippen LogP contribution in [0.3, 0.4) is 0 Å². The van der Waals surface area contributed by atoms with Crippen molar-refractivity contribution >= 4 is 11.9 Å². The number of rotatable bonds is 3. The number of morpholine rings is 1. The first-order valence-electron chi connectivity index (χ1n) is 7.20. The van der Waals surface area contributed by atoms with E-state index in [0.717, 1.165) is 5.69 Å². The minimum Gasteiger partial charge on any atom is -0.479 e. The van der Waals surface area contributed by atoms with Crippen LogP contribution >= 0.6 is 0 Å². The molecular weight excluding hydrogens is 300 g/mol. The van der Waals surface area contributed by atoms with Crippen LogP contribution in [0.5, 0.6) is 0 Å². The van der Waals surface area contributed by atoms with Gasteiger partial charge < -0.3 is 14.7 Å². The number of hydrogen-bond acceptors (Lipinski definition) is 5. The van der Waals surface area contributed by atoms with Crippen molar-refractivity contribution in [2.45, 2.75) is 19.1 Å². The number of carbonyl (C=O) groups is 2. The molecule has 8 nitrogen and oxygen atoms in total. The zero-order valence-electron chi connectivity index (χ0n) is 12.5. The Hall–Kier alpha value is -2.74. The molecule has 1 amide bonds. The van der Waals surface area contributed by atoms with E-state index in [9.17, 15) is 9.59 Å². The Morgan fingerprint density at radius 3 is 2.70 bits per heavy atom. The van der Waals surface area contributed by atoms with Gasteiger partial charge in [-0.1, -0.05) is 18.2 Å². The van der Waals surface area contributed by atoms with Crippen LogP contribution in [0.25, 0.3) is 5.69 Å². The average Bonchev–Trinajstić information content (AvgIpc) is 3.04. The molecule has 1 saturated heterocycles. The average molecular weight is 316 g/mol. The number of aromatic nitrogens is 3. The van der Waals surface area contributed by atoms with Gasteiger partial charge >= 0.3 is 5.97 Å². The van der Waals surface area contributed by atoms with Crippen LogP contribution in [-0.2, 0) is 9.53 Å². The van der Waals surface area contributed by atoms with Crippen LogP contribution in [0.15, 0.2) is 36.5 Å². The predicted octanol–water partition coefficient (Wildman–Crippen LogP) is 0.581. The van der Waals surface area contributed by atoms with Crippen LogP contribution in [0.1, 0.15) is 17.4 Å². The number of aliphatic carboxylic acids is 1. The number of amides is 1. The molecule has 1 unspecified atom stereocenters. The molecule has 1 aromatic carbocycles. The van der Waals surface area contributed by atoms with Gasteiger partial charge in [0, 0.05) is 6.54 Å². The molecule has 0 radical (unpaired) electrons. The number of nitrogens with zero attached hydrogens (tertiary/aromatic N) is 4. The molecule has 2 heterocycles. The molecule has 2 atom stereocenters. The minimum absolute atomic E-state index is 0.00327. The molecule has 0 bridgehead atoms. The van der Waals surface area contributed by atoms with Crippen molar-refractivity contribution in [3.05, 3.63) is 42.2 Å². The highest BCUT2D eigenvalue weighted by atomic mass is 16.5. The highest BCUT2D eigenvalue weighted by Gasteiger charge is 2.33. The van der Waals surface area contributed by atoms with E-state index in [1.54, 1.807) is 6.92 Å². The van der Waals surface area contributed by atoms with E-state index in [-0.39, 0.29) is 24.2 Å². The smallest absolute Gasteiger partial charge is 0.334 e. The lowest BCUT2D eigenvalue weighted by Crippen LogP contribution is -2.51. The van der Waals surface area contributed by atoms with Gasteiger partial charge in [0.1, 0.15) is 0 Å². The van der Waals surface area contributed by atoms with Crippen LogP contribution in [-0.4, -0.2) is 62.2 Å². The van der Waals surface area contributed by atoms with Gasteiger partial charge in [-0.15, -0.1) is 5.10 Å². The Morgan fingerprint density at radius 1 is 1.26 bits per heavy atom. The number of ether oxygens (including phenoxy) is 1. The standard InChI is InChI=1S/C15H16N4O4/c1-10-8-18(9-13(23-10)15(21)22)14(20)12-7-16-19(17-12)11-5-3-2-4-6-11/h2-7,10,13H,8-9H2,1H3,(H,21,22)/t10-,13?/m1/s1. The Labute approximate surface area is 132 Å². The molecule has 8 heteroatoms. The van der Waals surface area contributed by atoms with E-state index in [1.807, 2.05) is 30.3 Å². The number of benzene rings is 1. The fourth-order valence-electron chi connectivity index (χ4n) is 2.46. The highest BCUT2D eigenvalue weighted by Crippen LogP contribution is 2.14. The first-order valence-corrected chi connectivity index (χ1v) is 7.20. The largest absolute Gasteiger partial charge is 0.479 e. The molecule has 1 aliphatic rings. The molecule has 0 aliphatic carbocycles. The molecule has 0 spiro atoms. The zero-order chi connectivity index (χ0) is 16.4. The number of carboxylic acid groups (broad SMARTS) is 1. The molecule has 1 N–H and O–H groups in total. The van der Waals surface area contributed by atoms with Gasteiger partial charge in [0.15, 0.2) is 11.8 Å². The van der Waals surface area contributed by atoms with E-state index >= 15 is 0 Å². The molecule has 1 aromatic heterocycles. The zero-order valence-corrected chi connectivity index (χ0v) is 12.5. The molecule has 3 rings (SSSR count). The van der Waals surface area contributed by atoms with Crippen LogP contribution in [0.2, 0.25) is 0 Å². The Morgan fingerprint density at radius 2 is 2.00 bits per heavy atom. The lowest BCUT2D eigenvalue weighted by molar-refractivity contribution is -0.160. The SMILES string of the molecule is C[C@@H]1CN(C(=O)c2cnn(-c3ccccc3)n2)CC(C(=O)O)O1. The van der Waals surface area contributed by atoms with Crippen LogP contribution in [0, 0.1) is 0 Å². The van der Waals surface area contributed by atoms with Gasteiger partial charge in [0.05, 0.1) is 24.5 Å². The fourth-order valence-corrected chi connectivity index (χ4v) is 2.46. The van der Waals surface area contributed by atoms with E-state index in [2.05, 4.69) is 10.2 Å². The lowest BCUT2D eigenvalue weighted by atomic mass is 10.2. The maximum absolute atomic E-state index is 12.5. The van der Waals surface area contributed by atoms with E-state index < -0.39 is 12.1 Å². The second-order valence-corrected chi connectivity index (χ2v) is 5.34. The van der Waals surface area contributed by atoms with Gasteiger partial charge in [0.2, 0.25) is 0 Å². The second-order valence-electron chi connectivity index (χ2n) is 5.34. The third-order valence-electron chi connectivity index (χ3n) is 3.52. The van der Waals surface area contributed by atoms with Crippen molar-refractivity contribution < 1.29 is 19.4 Å². The Bertz CT molecular complexity index is 715. The summed E-state index contributed by atoms with van der Waals surface area (Å²) in [7, 11) is 0. The van der Waals surface area contributed by atoms with Crippen molar-refractivity contribution in [3.8, 4) is 5.69 Å². The highest BCUT2D eigenvalue weighted by molar-refractivity contribution is 5.92.